The van der Waals surface area contributed by atoms with Crippen LogP contribution in [0, 0.1) is 0 Å². The summed E-state index contributed by atoms with van der Waals surface area (Å²) in [5.41, 5.74) is 2.03. The van der Waals surface area contributed by atoms with Crippen molar-refractivity contribution >= 4 is 17.2 Å². The van der Waals surface area contributed by atoms with E-state index in [1.807, 2.05) is 72.8 Å². The van der Waals surface area contributed by atoms with Gasteiger partial charge in [-0.1, -0.05) is 48.6 Å². The van der Waals surface area contributed by atoms with Crippen LogP contribution in [0.5, 0.6) is 0 Å². The van der Waals surface area contributed by atoms with Gasteiger partial charge in [-0.2, -0.15) is 0 Å². The van der Waals surface area contributed by atoms with Crippen molar-refractivity contribution < 1.29 is 0 Å². The van der Waals surface area contributed by atoms with Crippen LogP contribution in [-0.4, -0.2) is 12.4 Å². The second-order valence-corrected chi connectivity index (χ2v) is 3.92. The van der Waals surface area contributed by atoms with E-state index in [9.17, 15) is 0 Å². The summed E-state index contributed by atoms with van der Waals surface area (Å²) in [6, 6.07) is 19.9. The minimum absolute atomic E-state index is 0.785. The van der Waals surface area contributed by atoms with Crippen LogP contribution >= 0.6 is 0 Å². The standard InChI is InChI=1S/C17H16N2/c1-4-10-16(11-5-1)18-14-8-3-9-15-19-17-12-6-2-7-13-17/h1-13,18H,14H2. The highest BCUT2D eigenvalue weighted by molar-refractivity contribution is 5.60. The lowest BCUT2D eigenvalue weighted by Gasteiger charge is -2.00. The molecule has 1 N–H and O–H groups in total. The molecule has 0 unspecified atom stereocenters. The smallest absolute Gasteiger partial charge is 0.0729 e. The van der Waals surface area contributed by atoms with E-state index < -0.39 is 0 Å². The largest absolute Gasteiger partial charge is 0.382 e. The van der Waals surface area contributed by atoms with Crippen molar-refractivity contribution in [2.45, 2.75) is 0 Å². The second kappa shape index (κ2) is 7.70. The molecule has 94 valence electrons. The number of rotatable bonds is 5. The Morgan fingerprint density at radius 1 is 0.947 bits per heavy atom. The Labute approximate surface area is 113 Å². The fourth-order valence-corrected chi connectivity index (χ4v) is 1.53. The molecule has 0 aliphatic rings. The van der Waals surface area contributed by atoms with E-state index in [0.717, 1.165) is 17.9 Å². The molecule has 0 bridgehead atoms. The van der Waals surface area contributed by atoms with E-state index >= 15 is 0 Å². The second-order valence-electron chi connectivity index (χ2n) is 3.92. The number of allylic oxidation sites excluding steroid dienone is 2. The van der Waals surface area contributed by atoms with Crippen LogP contribution in [0.1, 0.15) is 0 Å². The van der Waals surface area contributed by atoms with E-state index in [2.05, 4.69) is 16.2 Å². The number of hydrogen-bond acceptors (Lipinski definition) is 2. The van der Waals surface area contributed by atoms with Gasteiger partial charge in [-0.05, 0) is 36.2 Å². The first-order valence-electron chi connectivity index (χ1n) is 6.24. The van der Waals surface area contributed by atoms with Crippen LogP contribution in [0.4, 0.5) is 11.4 Å². The van der Waals surface area contributed by atoms with Gasteiger partial charge in [0.1, 0.15) is 0 Å². The van der Waals surface area contributed by atoms with Crippen molar-refractivity contribution in [1.29, 1.82) is 0 Å². The number of nitrogens with one attached hydrogen (secondary N) is 1. The number of aliphatic imine (C=N–C) groups is 1. The van der Waals surface area contributed by atoms with Crippen molar-refractivity contribution in [3.8, 4) is 0 Å². The van der Waals surface area contributed by atoms with E-state index in [0.29, 0.717) is 0 Å². The summed E-state index contributed by atoms with van der Waals surface area (Å²) >= 11 is 0. The molecule has 0 saturated heterocycles. The lowest BCUT2D eigenvalue weighted by Crippen LogP contribution is -1.96. The molecule has 0 atom stereocenters. The Balaban J connectivity index is 1.76. The minimum atomic E-state index is 0.785. The third kappa shape index (κ3) is 5.07. The van der Waals surface area contributed by atoms with Gasteiger partial charge in [-0.15, -0.1) is 0 Å². The SMILES string of the molecule is C(=CC=CCNc1ccccc1)=Nc1ccccc1. The zero-order valence-electron chi connectivity index (χ0n) is 10.7. The molecule has 2 heteroatoms. The van der Waals surface area contributed by atoms with Crippen LogP contribution in [0.25, 0.3) is 0 Å². The Bertz CT molecular complexity index is 565. The predicted octanol–water partition coefficient (Wildman–Crippen LogP) is 4.21. The summed E-state index contributed by atoms with van der Waals surface area (Å²) in [5, 5.41) is 3.29. The Hall–Kier alpha value is -2.57. The fourth-order valence-electron chi connectivity index (χ4n) is 1.53. The van der Waals surface area contributed by atoms with Crippen LogP contribution in [0.2, 0.25) is 0 Å². The van der Waals surface area contributed by atoms with Crippen molar-refractivity contribution in [2.24, 2.45) is 4.99 Å². The molecule has 2 rings (SSSR count). The summed E-state index contributed by atoms with van der Waals surface area (Å²) in [5.74, 6) is 2.89. The van der Waals surface area contributed by atoms with Gasteiger partial charge in [0.25, 0.3) is 0 Å². The highest BCUT2D eigenvalue weighted by atomic mass is 14.8. The third-order valence-corrected chi connectivity index (χ3v) is 2.45. The van der Waals surface area contributed by atoms with Gasteiger partial charge in [0.05, 0.1) is 5.69 Å². The number of para-hydroxylation sites is 2. The van der Waals surface area contributed by atoms with Gasteiger partial charge in [0, 0.05) is 12.2 Å². The monoisotopic (exact) mass is 248 g/mol. The molecule has 0 heterocycles. The van der Waals surface area contributed by atoms with Gasteiger partial charge in [-0.25, -0.2) is 4.99 Å². The molecule has 0 aliphatic heterocycles. The zero-order valence-corrected chi connectivity index (χ0v) is 10.7. The van der Waals surface area contributed by atoms with E-state index in [1.165, 1.54) is 0 Å². The molecular formula is C17H16N2. The first kappa shape index (κ1) is 12.9. The summed E-state index contributed by atoms with van der Waals surface area (Å²) in [6.45, 7) is 0.785. The van der Waals surface area contributed by atoms with Crippen molar-refractivity contribution in [2.75, 3.05) is 11.9 Å². The summed E-state index contributed by atoms with van der Waals surface area (Å²) in [4.78, 5) is 4.18. The van der Waals surface area contributed by atoms with E-state index in [4.69, 9.17) is 0 Å². The zero-order chi connectivity index (χ0) is 13.2. The summed E-state index contributed by atoms with van der Waals surface area (Å²) in [6.07, 6.45) is 5.77. The van der Waals surface area contributed by atoms with E-state index in [1.54, 1.807) is 6.08 Å². The van der Waals surface area contributed by atoms with Gasteiger partial charge in [0.2, 0.25) is 0 Å². The molecule has 0 radical (unpaired) electrons. The predicted molar refractivity (Wildman–Crippen MR) is 82.2 cm³/mol. The molecule has 0 amide bonds. The Kier molecular flexibility index (Phi) is 5.22. The highest BCUT2D eigenvalue weighted by Crippen LogP contribution is 2.07. The summed E-state index contributed by atoms with van der Waals surface area (Å²) < 4.78 is 0. The van der Waals surface area contributed by atoms with Gasteiger partial charge in [0.15, 0.2) is 0 Å². The fraction of sp³-hybridized carbons (Fsp3) is 0.0588. The topological polar surface area (TPSA) is 24.4 Å². The maximum Gasteiger partial charge on any atom is 0.0729 e. The Morgan fingerprint density at radius 3 is 2.37 bits per heavy atom. The van der Waals surface area contributed by atoms with Crippen LogP contribution in [0.3, 0.4) is 0 Å². The van der Waals surface area contributed by atoms with Crippen LogP contribution < -0.4 is 5.32 Å². The number of nitrogens with zero attached hydrogens (tertiary/aromatic N) is 1. The Morgan fingerprint density at radius 2 is 1.63 bits per heavy atom. The highest BCUT2D eigenvalue weighted by Gasteiger charge is 1.84. The molecule has 0 fully saturated rings. The maximum atomic E-state index is 4.18. The first-order chi connectivity index (χ1) is 9.45. The maximum absolute atomic E-state index is 4.18. The van der Waals surface area contributed by atoms with Crippen molar-refractivity contribution in [3.05, 3.63) is 78.9 Å². The van der Waals surface area contributed by atoms with Gasteiger partial charge < -0.3 is 5.32 Å². The quantitative estimate of drug-likeness (QED) is 0.622. The van der Waals surface area contributed by atoms with Crippen LogP contribution in [0.15, 0.2) is 83.9 Å². The van der Waals surface area contributed by atoms with Crippen LogP contribution in [-0.2, 0) is 0 Å². The first-order valence-corrected chi connectivity index (χ1v) is 6.24. The average molecular weight is 248 g/mol. The lowest BCUT2D eigenvalue weighted by atomic mass is 10.3. The molecule has 0 saturated carbocycles. The summed E-state index contributed by atoms with van der Waals surface area (Å²) in [7, 11) is 0. The minimum Gasteiger partial charge on any atom is -0.382 e. The number of hydrogen-bond donors (Lipinski definition) is 1. The average Bonchev–Trinajstić information content (AvgIpc) is 2.48. The van der Waals surface area contributed by atoms with E-state index in [-0.39, 0.29) is 0 Å². The molecule has 19 heavy (non-hydrogen) atoms. The third-order valence-electron chi connectivity index (χ3n) is 2.45. The molecule has 2 aromatic rings. The molecule has 2 aromatic carbocycles. The number of anilines is 1. The lowest BCUT2D eigenvalue weighted by molar-refractivity contribution is 1.34. The van der Waals surface area contributed by atoms with Gasteiger partial charge >= 0.3 is 0 Å². The number of benzene rings is 2. The molecule has 0 aromatic heterocycles. The molecular weight excluding hydrogens is 232 g/mol. The van der Waals surface area contributed by atoms with Gasteiger partial charge in [-0.3, -0.25) is 0 Å². The van der Waals surface area contributed by atoms with Crippen molar-refractivity contribution in [3.63, 3.8) is 0 Å². The molecule has 0 spiro atoms. The van der Waals surface area contributed by atoms with Crippen molar-refractivity contribution in [1.82, 2.24) is 0 Å². The normalized spacial score (nSPS) is 9.89. The molecule has 0 aliphatic carbocycles. The molecule has 2 nitrogen and oxygen atoms in total.